The average molecular weight is 270 g/mol. The number of carbonyl (C=O) groups is 1. The van der Waals surface area contributed by atoms with Gasteiger partial charge in [-0.3, -0.25) is 4.79 Å². The highest BCUT2D eigenvalue weighted by atomic mass is 79.9. The van der Waals surface area contributed by atoms with Gasteiger partial charge in [0, 0.05) is 5.56 Å². The van der Waals surface area contributed by atoms with Crippen LogP contribution in [0.4, 0.5) is 4.39 Å². The van der Waals surface area contributed by atoms with Crippen LogP contribution < -0.4 is 0 Å². The predicted octanol–water partition coefficient (Wildman–Crippen LogP) is 2.86. The van der Waals surface area contributed by atoms with E-state index in [0.717, 1.165) is 0 Å². The van der Waals surface area contributed by atoms with Gasteiger partial charge in [0.15, 0.2) is 5.78 Å². The second-order valence-corrected chi connectivity index (χ2v) is 4.49. The van der Waals surface area contributed by atoms with Crippen LogP contribution in [-0.4, -0.2) is 10.6 Å². The summed E-state index contributed by atoms with van der Waals surface area (Å²) in [6, 6.07) is 5.85. The van der Waals surface area contributed by atoms with Gasteiger partial charge in [-0.15, -0.1) is 0 Å². The van der Waals surface area contributed by atoms with Gasteiger partial charge in [0.2, 0.25) is 0 Å². The molecule has 0 spiro atoms. The molecule has 0 aliphatic carbocycles. The molecule has 0 saturated carbocycles. The zero-order valence-corrected chi connectivity index (χ0v) is 9.71. The summed E-state index contributed by atoms with van der Waals surface area (Å²) >= 11 is 3.13. The average Bonchev–Trinajstić information content (AvgIpc) is 2.20. The molecular formula is C11H9BrFNO. The van der Waals surface area contributed by atoms with Gasteiger partial charge in [-0.25, -0.2) is 4.39 Å². The van der Waals surface area contributed by atoms with E-state index in [9.17, 15) is 9.18 Å². The standard InChI is InChI=1S/C11H9BrFNO/c1-7(12)11(15)10-6-9(13)3-2-8(10)4-5-14/h2-3,6-7H,4H2,1H3. The van der Waals surface area contributed by atoms with Crippen LogP contribution in [0, 0.1) is 17.1 Å². The number of carbonyl (C=O) groups excluding carboxylic acids is 1. The lowest BCUT2D eigenvalue weighted by atomic mass is 10.00. The Bertz CT molecular complexity index is 423. The molecule has 0 radical (unpaired) electrons. The van der Waals surface area contributed by atoms with Crippen LogP contribution >= 0.6 is 15.9 Å². The summed E-state index contributed by atoms with van der Waals surface area (Å²) in [5.41, 5.74) is 0.844. The van der Waals surface area contributed by atoms with E-state index in [0.29, 0.717) is 5.56 Å². The van der Waals surface area contributed by atoms with Crippen LogP contribution in [0.15, 0.2) is 18.2 Å². The second-order valence-electron chi connectivity index (χ2n) is 3.12. The number of Topliss-reactive ketones (excluding diaryl/α,β-unsaturated/α-hetero) is 1. The number of hydrogen-bond donors (Lipinski definition) is 0. The first-order valence-electron chi connectivity index (χ1n) is 4.40. The number of halogens is 2. The molecular weight excluding hydrogens is 261 g/mol. The van der Waals surface area contributed by atoms with Crippen LogP contribution in [0.3, 0.4) is 0 Å². The normalized spacial score (nSPS) is 11.9. The van der Waals surface area contributed by atoms with Crippen LogP contribution in [0.25, 0.3) is 0 Å². The molecule has 1 unspecified atom stereocenters. The van der Waals surface area contributed by atoms with Gasteiger partial charge < -0.3 is 0 Å². The third-order valence-electron chi connectivity index (χ3n) is 1.97. The first kappa shape index (κ1) is 11.9. The molecule has 0 aromatic heterocycles. The Morgan fingerprint density at radius 3 is 2.87 bits per heavy atom. The monoisotopic (exact) mass is 269 g/mol. The van der Waals surface area contributed by atoms with Crippen molar-refractivity contribution in [3.8, 4) is 6.07 Å². The first-order valence-corrected chi connectivity index (χ1v) is 5.31. The number of nitriles is 1. The maximum atomic E-state index is 13.0. The fourth-order valence-electron chi connectivity index (χ4n) is 1.23. The smallest absolute Gasteiger partial charge is 0.176 e. The summed E-state index contributed by atoms with van der Waals surface area (Å²) in [6.45, 7) is 1.67. The molecule has 4 heteroatoms. The van der Waals surface area contributed by atoms with E-state index in [1.807, 2.05) is 6.07 Å². The van der Waals surface area contributed by atoms with E-state index in [2.05, 4.69) is 15.9 Å². The Hall–Kier alpha value is -1.21. The molecule has 0 heterocycles. The van der Waals surface area contributed by atoms with E-state index >= 15 is 0 Å². The van der Waals surface area contributed by atoms with Crippen molar-refractivity contribution in [3.63, 3.8) is 0 Å². The third-order valence-corrected chi connectivity index (χ3v) is 2.38. The molecule has 0 N–H and O–H groups in total. The molecule has 2 nitrogen and oxygen atoms in total. The Labute approximate surface area is 95.8 Å². The number of nitrogens with zero attached hydrogens (tertiary/aromatic N) is 1. The summed E-state index contributed by atoms with van der Waals surface area (Å²) in [5.74, 6) is -0.673. The van der Waals surface area contributed by atoms with Gasteiger partial charge in [-0.1, -0.05) is 22.0 Å². The second kappa shape index (κ2) is 5.04. The number of rotatable bonds is 3. The van der Waals surface area contributed by atoms with Crippen molar-refractivity contribution < 1.29 is 9.18 Å². The van der Waals surface area contributed by atoms with Gasteiger partial charge in [0.05, 0.1) is 17.3 Å². The van der Waals surface area contributed by atoms with Crippen molar-refractivity contribution in [2.45, 2.75) is 18.2 Å². The van der Waals surface area contributed by atoms with Gasteiger partial charge in [0.1, 0.15) is 5.82 Å². The van der Waals surface area contributed by atoms with Crippen LogP contribution in [0.5, 0.6) is 0 Å². The number of benzene rings is 1. The van der Waals surface area contributed by atoms with Gasteiger partial charge in [-0.2, -0.15) is 5.26 Å². The number of alkyl halides is 1. The number of ketones is 1. The molecule has 1 atom stereocenters. The lowest BCUT2D eigenvalue weighted by Crippen LogP contribution is -2.13. The Balaban J connectivity index is 3.19. The minimum Gasteiger partial charge on any atom is -0.293 e. The van der Waals surface area contributed by atoms with Crippen molar-refractivity contribution in [3.05, 3.63) is 35.1 Å². The third kappa shape index (κ3) is 2.87. The molecule has 78 valence electrons. The summed E-state index contributed by atoms with van der Waals surface area (Å²) in [7, 11) is 0. The van der Waals surface area contributed by atoms with E-state index in [1.54, 1.807) is 6.92 Å². The largest absolute Gasteiger partial charge is 0.293 e. The predicted molar refractivity (Wildman–Crippen MR) is 58.4 cm³/mol. The highest BCUT2D eigenvalue weighted by Crippen LogP contribution is 2.17. The van der Waals surface area contributed by atoms with Crippen molar-refractivity contribution in [2.24, 2.45) is 0 Å². The van der Waals surface area contributed by atoms with Crippen molar-refractivity contribution in [1.82, 2.24) is 0 Å². The van der Waals surface area contributed by atoms with E-state index in [1.165, 1.54) is 18.2 Å². The maximum Gasteiger partial charge on any atom is 0.176 e. The Morgan fingerprint density at radius 2 is 2.33 bits per heavy atom. The van der Waals surface area contributed by atoms with Gasteiger partial charge in [-0.05, 0) is 24.6 Å². The molecule has 1 aromatic carbocycles. The minimum atomic E-state index is -0.465. The van der Waals surface area contributed by atoms with E-state index in [-0.39, 0.29) is 22.6 Å². The molecule has 0 amide bonds. The van der Waals surface area contributed by atoms with Crippen LogP contribution in [-0.2, 0) is 6.42 Å². The topological polar surface area (TPSA) is 40.9 Å². The molecule has 1 aromatic rings. The molecule has 15 heavy (non-hydrogen) atoms. The Kier molecular flexibility index (Phi) is 3.98. The highest BCUT2D eigenvalue weighted by Gasteiger charge is 2.16. The Morgan fingerprint density at radius 1 is 1.67 bits per heavy atom. The van der Waals surface area contributed by atoms with Crippen molar-refractivity contribution in [1.29, 1.82) is 5.26 Å². The van der Waals surface area contributed by atoms with Gasteiger partial charge in [0.25, 0.3) is 0 Å². The fraction of sp³-hybridized carbons (Fsp3) is 0.273. The molecule has 0 saturated heterocycles. The lowest BCUT2D eigenvalue weighted by Gasteiger charge is -2.07. The van der Waals surface area contributed by atoms with Crippen LogP contribution in [0.1, 0.15) is 22.8 Å². The number of hydrogen-bond acceptors (Lipinski definition) is 2. The summed E-state index contributed by atoms with van der Waals surface area (Å²) in [6.07, 6.45) is 0.112. The van der Waals surface area contributed by atoms with Crippen molar-refractivity contribution >= 4 is 21.7 Å². The quantitative estimate of drug-likeness (QED) is 0.626. The molecule has 0 aliphatic heterocycles. The SMILES string of the molecule is CC(Br)C(=O)c1cc(F)ccc1CC#N. The first-order chi connectivity index (χ1) is 7.06. The van der Waals surface area contributed by atoms with E-state index in [4.69, 9.17) is 5.26 Å². The molecule has 0 aliphatic rings. The highest BCUT2D eigenvalue weighted by molar-refractivity contribution is 9.10. The van der Waals surface area contributed by atoms with Crippen molar-refractivity contribution in [2.75, 3.05) is 0 Å². The fourth-order valence-corrected chi connectivity index (χ4v) is 1.48. The zero-order valence-electron chi connectivity index (χ0n) is 8.13. The molecule has 1 rings (SSSR count). The minimum absolute atomic E-state index is 0.112. The zero-order chi connectivity index (χ0) is 11.4. The molecule has 0 fully saturated rings. The van der Waals surface area contributed by atoms with E-state index < -0.39 is 5.82 Å². The van der Waals surface area contributed by atoms with Crippen LogP contribution in [0.2, 0.25) is 0 Å². The molecule has 0 bridgehead atoms. The maximum absolute atomic E-state index is 13.0. The lowest BCUT2D eigenvalue weighted by molar-refractivity contribution is 0.0994. The summed E-state index contributed by atoms with van der Waals surface area (Å²) < 4.78 is 13.0. The summed E-state index contributed by atoms with van der Waals surface area (Å²) in [4.78, 5) is 11.3. The summed E-state index contributed by atoms with van der Waals surface area (Å²) in [5, 5.41) is 8.57. The van der Waals surface area contributed by atoms with Gasteiger partial charge >= 0.3 is 0 Å².